The van der Waals surface area contributed by atoms with Crippen LogP contribution in [0.25, 0.3) is 0 Å². The topological polar surface area (TPSA) is 102 Å². The van der Waals surface area contributed by atoms with Crippen molar-refractivity contribution >= 4 is 39.2 Å². The maximum Gasteiger partial charge on any atom is 0.338 e. The second-order valence-corrected chi connectivity index (χ2v) is 10.1. The van der Waals surface area contributed by atoms with E-state index in [0.29, 0.717) is 23.4 Å². The molecule has 10 heteroatoms. The summed E-state index contributed by atoms with van der Waals surface area (Å²) < 4.78 is 38.1. The number of nitrogens with one attached hydrogen (secondary N) is 1. The van der Waals surface area contributed by atoms with Crippen molar-refractivity contribution in [3.05, 3.63) is 88.9 Å². The second kappa shape index (κ2) is 12.5. The summed E-state index contributed by atoms with van der Waals surface area (Å²) in [4.78, 5) is 24.6. The van der Waals surface area contributed by atoms with Crippen molar-refractivity contribution in [2.75, 3.05) is 32.1 Å². The molecule has 0 bridgehead atoms. The minimum Gasteiger partial charge on any atom is -0.495 e. The molecule has 3 rings (SSSR count). The first-order valence-electron chi connectivity index (χ1n) is 11.2. The molecule has 0 unspecified atom stereocenters. The maximum atomic E-state index is 13.5. The number of anilines is 1. The van der Waals surface area contributed by atoms with Crippen LogP contribution in [0, 0.1) is 0 Å². The van der Waals surface area contributed by atoms with Crippen LogP contribution in [-0.2, 0) is 26.0 Å². The lowest BCUT2D eigenvalue weighted by molar-refractivity contribution is -0.116. The fourth-order valence-electron chi connectivity index (χ4n) is 3.40. The normalized spacial score (nSPS) is 11.2. The smallest absolute Gasteiger partial charge is 0.338 e. The molecule has 0 aliphatic carbocycles. The number of esters is 1. The molecule has 0 saturated carbocycles. The fourth-order valence-corrected chi connectivity index (χ4v) is 5.15. The number of amides is 1. The monoisotopic (exact) mass is 530 g/mol. The van der Waals surface area contributed by atoms with Crippen LogP contribution in [0.5, 0.6) is 5.75 Å². The van der Waals surface area contributed by atoms with E-state index in [-0.39, 0.29) is 23.1 Å². The van der Waals surface area contributed by atoms with Gasteiger partial charge in [-0.15, -0.1) is 0 Å². The number of nitrogens with zero attached hydrogens (tertiary/aromatic N) is 1. The molecule has 0 fully saturated rings. The summed E-state index contributed by atoms with van der Waals surface area (Å²) in [5.74, 6) is -0.655. The van der Waals surface area contributed by atoms with Gasteiger partial charge < -0.3 is 14.8 Å². The largest absolute Gasteiger partial charge is 0.495 e. The van der Waals surface area contributed by atoms with Crippen LogP contribution in [0.4, 0.5) is 5.69 Å². The first-order chi connectivity index (χ1) is 17.2. The van der Waals surface area contributed by atoms with Crippen LogP contribution in [0.15, 0.2) is 77.7 Å². The number of benzene rings is 3. The summed E-state index contributed by atoms with van der Waals surface area (Å²) in [5.41, 5.74) is 1.69. The van der Waals surface area contributed by atoms with Gasteiger partial charge in [0.05, 0.1) is 35.7 Å². The summed E-state index contributed by atoms with van der Waals surface area (Å²) in [7, 11) is -2.62. The van der Waals surface area contributed by atoms with E-state index in [1.54, 1.807) is 19.1 Å². The zero-order chi connectivity index (χ0) is 26.1. The Hall–Kier alpha value is -3.40. The molecule has 3 aromatic rings. The molecular formula is C26H27ClN2O6S. The average molecular weight is 531 g/mol. The van der Waals surface area contributed by atoms with Crippen molar-refractivity contribution in [1.82, 2.24) is 4.31 Å². The van der Waals surface area contributed by atoms with Gasteiger partial charge in [-0.2, -0.15) is 4.31 Å². The van der Waals surface area contributed by atoms with Gasteiger partial charge in [0.15, 0.2) is 0 Å². The van der Waals surface area contributed by atoms with E-state index >= 15 is 0 Å². The van der Waals surface area contributed by atoms with Gasteiger partial charge in [0, 0.05) is 12.2 Å². The number of ether oxygens (including phenoxy) is 2. The highest BCUT2D eigenvalue weighted by atomic mass is 35.5. The predicted molar refractivity (Wildman–Crippen MR) is 138 cm³/mol. The van der Waals surface area contributed by atoms with Crippen molar-refractivity contribution in [2.45, 2.75) is 18.2 Å². The summed E-state index contributed by atoms with van der Waals surface area (Å²) in [5, 5.41) is 2.82. The Balaban J connectivity index is 1.79. The molecular weight excluding hydrogens is 504 g/mol. The number of methoxy groups -OCH3 is 1. The molecule has 0 spiro atoms. The van der Waals surface area contributed by atoms with Crippen LogP contribution < -0.4 is 10.1 Å². The van der Waals surface area contributed by atoms with Crippen LogP contribution in [-0.4, -0.2) is 51.4 Å². The number of hydrogen-bond acceptors (Lipinski definition) is 6. The zero-order valence-electron chi connectivity index (χ0n) is 19.9. The SMILES string of the molecule is CCOC(=O)c1ccc(NC(=O)CN(CCc2ccccc2)S(=O)(=O)c2ccc(OC)c(Cl)c2)cc1. The van der Waals surface area contributed by atoms with Gasteiger partial charge in [-0.3, -0.25) is 4.79 Å². The van der Waals surface area contributed by atoms with Gasteiger partial charge in [-0.1, -0.05) is 41.9 Å². The summed E-state index contributed by atoms with van der Waals surface area (Å²) in [6.07, 6.45) is 0.408. The van der Waals surface area contributed by atoms with Crippen molar-refractivity contribution < 1.29 is 27.5 Å². The first-order valence-corrected chi connectivity index (χ1v) is 13.0. The van der Waals surface area contributed by atoms with Crippen LogP contribution >= 0.6 is 11.6 Å². The number of carbonyl (C=O) groups excluding carboxylic acids is 2. The molecule has 3 aromatic carbocycles. The van der Waals surface area contributed by atoms with Gasteiger partial charge >= 0.3 is 5.97 Å². The lowest BCUT2D eigenvalue weighted by Crippen LogP contribution is -2.39. The van der Waals surface area contributed by atoms with Crippen molar-refractivity contribution in [1.29, 1.82) is 0 Å². The summed E-state index contributed by atoms with van der Waals surface area (Å²) >= 11 is 6.16. The van der Waals surface area contributed by atoms with E-state index in [4.69, 9.17) is 21.1 Å². The van der Waals surface area contributed by atoms with E-state index in [1.165, 1.54) is 37.4 Å². The standard InChI is InChI=1S/C26H27ClN2O6S/c1-3-35-26(31)20-9-11-21(12-10-20)28-25(30)18-29(16-15-19-7-5-4-6-8-19)36(32,33)22-13-14-24(34-2)23(27)17-22/h4-14,17H,3,15-16,18H2,1-2H3,(H,28,30). The maximum absolute atomic E-state index is 13.5. The molecule has 36 heavy (non-hydrogen) atoms. The Bertz CT molecular complexity index is 1300. The lowest BCUT2D eigenvalue weighted by Gasteiger charge is -2.22. The number of halogens is 1. The highest BCUT2D eigenvalue weighted by molar-refractivity contribution is 7.89. The highest BCUT2D eigenvalue weighted by Crippen LogP contribution is 2.28. The third-order valence-electron chi connectivity index (χ3n) is 5.25. The van der Waals surface area contributed by atoms with Gasteiger partial charge in [0.1, 0.15) is 5.75 Å². The molecule has 0 radical (unpaired) electrons. The van der Waals surface area contributed by atoms with Crippen molar-refractivity contribution in [3.8, 4) is 5.75 Å². The van der Waals surface area contributed by atoms with Gasteiger partial charge in [-0.25, -0.2) is 13.2 Å². The number of hydrogen-bond donors (Lipinski definition) is 1. The third kappa shape index (κ3) is 7.07. The summed E-state index contributed by atoms with van der Waals surface area (Å²) in [6.45, 7) is 1.62. The van der Waals surface area contributed by atoms with Crippen molar-refractivity contribution in [3.63, 3.8) is 0 Å². The Morgan fingerprint density at radius 3 is 2.31 bits per heavy atom. The Morgan fingerprint density at radius 1 is 1.00 bits per heavy atom. The molecule has 0 atom stereocenters. The molecule has 1 amide bonds. The molecule has 0 aromatic heterocycles. The first kappa shape index (κ1) is 27.2. The van der Waals surface area contributed by atoms with E-state index in [1.807, 2.05) is 30.3 Å². The quantitative estimate of drug-likeness (QED) is 0.369. The fraction of sp³-hybridized carbons (Fsp3) is 0.231. The molecule has 0 saturated heterocycles. The van der Waals surface area contributed by atoms with E-state index in [9.17, 15) is 18.0 Å². The van der Waals surface area contributed by atoms with Gasteiger partial charge in [0.2, 0.25) is 15.9 Å². The lowest BCUT2D eigenvalue weighted by atomic mass is 10.1. The minimum atomic E-state index is -4.06. The summed E-state index contributed by atoms with van der Waals surface area (Å²) in [6, 6.07) is 19.7. The van der Waals surface area contributed by atoms with Crippen molar-refractivity contribution in [2.24, 2.45) is 0 Å². The van der Waals surface area contributed by atoms with Crippen LogP contribution in [0.3, 0.4) is 0 Å². The number of sulfonamides is 1. The van der Waals surface area contributed by atoms with E-state index in [0.717, 1.165) is 9.87 Å². The second-order valence-electron chi connectivity index (χ2n) is 7.72. The number of carbonyl (C=O) groups is 2. The Labute approximate surface area is 215 Å². The van der Waals surface area contributed by atoms with Crippen LogP contribution in [0.1, 0.15) is 22.8 Å². The number of rotatable bonds is 11. The van der Waals surface area contributed by atoms with E-state index < -0.39 is 28.4 Å². The van der Waals surface area contributed by atoms with Gasteiger partial charge in [0.25, 0.3) is 0 Å². The molecule has 1 N–H and O–H groups in total. The Morgan fingerprint density at radius 2 is 1.69 bits per heavy atom. The molecule has 0 aliphatic heterocycles. The molecule has 190 valence electrons. The van der Waals surface area contributed by atoms with E-state index in [2.05, 4.69) is 5.32 Å². The van der Waals surface area contributed by atoms with Crippen LogP contribution in [0.2, 0.25) is 5.02 Å². The predicted octanol–water partition coefficient (Wildman–Crippen LogP) is 4.40. The minimum absolute atomic E-state index is 0.0482. The zero-order valence-corrected chi connectivity index (χ0v) is 21.5. The third-order valence-corrected chi connectivity index (χ3v) is 7.39. The Kier molecular flexibility index (Phi) is 9.46. The highest BCUT2D eigenvalue weighted by Gasteiger charge is 2.27. The molecule has 8 nitrogen and oxygen atoms in total. The average Bonchev–Trinajstić information content (AvgIpc) is 2.87. The molecule has 0 aliphatic rings. The molecule has 0 heterocycles. The van der Waals surface area contributed by atoms with Gasteiger partial charge in [-0.05, 0) is 61.4 Å².